The van der Waals surface area contributed by atoms with Crippen molar-refractivity contribution in [2.45, 2.75) is 13.0 Å². The molecule has 0 bridgehead atoms. The van der Waals surface area contributed by atoms with E-state index in [-0.39, 0.29) is 11.4 Å². The van der Waals surface area contributed by atoms with Crippen LogP contribution in [-0.2, 0) is 4.79 Å². The molecule has 1 aromatic heterocycles. The third-order valence-corrected chi connectivity index (χ3v) is 3.84. The monoisotopic (exact) mass is 368 g/mol. The van der Waals surface area contributed by atoms with Crippen molar-refractivity contribution in [1.82, 2.24) is 20.2 Å². The second-order valence-corrected chi connectivity index (χ2v) is 5.61. The van der Waals surface area contributed by atoms with E-state index in [2.05, 4.69) is 20.7 Å². The number of non-ortho nitro benzene ring substituents is 1. The van der Waals surface area contributed by atoms with Gasteiger partial charge in [0, 0.05) is 17.7 Å². The lowest BCUT2D eigenvalue weighted by Crippen LogP contribution is -2.25. The zero-order chi connectivity index (χ0) is 19.4. The van der Waals surface area contributed by atoms with E-state index >= 15 is 0 Å². The molecule has 1 amide bonds. The van der Waals surface area contributed by atoms with Crippen LogP contribution in [0.5, 0.6) is 5.75 Å². The van der Waals surface area contributed by atoms with E-state index in [0.717, 1.165) is 5.56 Å². The average molecular weight is 368 g/mol. The number of aromatic nitrogens is 4. The third kappa shape index (κ3) is 3.89. The van der Waals surface area contributed by atoms with Crippen LogP contribution in [0.25, 0.3) is 11.4 Å². The van der Waals surface area contributed by atoms with Gasteiger partial charge >= 0.3 is 0 Å². The van der Waals surface area contributed by atoms with Crippen LogP contribution in [0.3, 0.4) is 0 Å². The Morgan fingerprint density at radius 3 is 2.67 bits per heavy atom. The Morgan fingerprint density at radius 1 is 1.26 bits per heavy atom. The molecule has 0 saturated carbocycles. The number of amides is 1. The van der Waals surface area contributed by atoms with Crippen LogP contribution < -0.4 is 10.1 Å². The molecule has 2 aromatic carbocycles. The lowest BCUT2D eigenvalue weighted by Gasteiger charge is -2.13. The van der Waals surface area contributed by atoms with E-state index in [9.17, 15) is 14.9 Å². The van der Waals surface area contributed by atoms with Crippen molar-refractivity contribution in [1.29, 1.82) is 0 Å². The van der Waals surface area contributed by atoms with Crippen LogP contribution >= 0.6 is 0 Å². The number of tetrazole rings is 1. The molecule has 1 N–H and O–H groups in total. The molecule has 1 heterocycles. The number of nitrogens with one attached hydrogen (secondary N) is 1. The molecule has 3 aromatic rings. The highest BCUT2D eigenvalue weighted by molar-refractivity contribution is 5.95. The zero-order valence-corrected chi connectivity index (χ0v) is 14.6. The molecule has 10 nitrogen and oxygen atoms in total. The first-order valence-corrected chi connectivity index (χ1v) is 7.98. The van der Waals surface area contributed by atoms with Gasteiger partial charge < -0.3 is 10.1 Å². The molecule has 27 heavy (non-hydrogen) atoms. The first-order valence-electron chi connectivity index (χ1n) is 7.98. The maximum absolute atomic E-state index is 12.5. The van der Waals surface area contributed by atoms with Gasteiger partial charge in [-0.05, 0) is 18.2 Å². The van der Waals surface area contributed by atoms with Crippen LogP contribution in [0.4, 0.5) is 11.4 Å². The molecule has 1 unspecified atom stereocenters. The fourth-order valence-electron chi connectivity index (χ4n) is 2.34. The van der Waals surface area contributed by atoms with E-state index < -0.39 is 16.9 Å². The average Bonchev–Trinajstić information content (AvgIpc) is 3.18. The number of hydrogen-bond donors (Lipinski definition) is 1. The molecule has 0 aliphatic carbocycles. The largest absolute Gasteiger partial charge is 0.495 e. The maximum Gasteiger partial charge on any atom is 0.271 e. The Kier molecular flexibility index (Phi) is 5.06. The highest BCUT2D eigenvalue weighted by atomic mass is 16.6. The number of rotatable bonds is 6. The number of nitro groups is 1. The van der Waals surface area contributed by atoms with Gasteiger partial charge in [-0.25, -0.2) is 0 Å². The van der Waals surface area contributed by atoms with E-state index in [0.29, 0.717) is 11.6 Å². The molecule has 0 radical (unpaired) electrons. The minimum Gasteiger partial charge on any atom is -0.495 e. The summed E-state index contributed by atoms with van der Waals surface area (Å²) >= 11 is 0. The minimum atomic E-state index is -0.793. The van der Waals surface area contributed by atoms with Crippen molar-refractivity contribution in [2.75, 3.05) is 12.4 Å². The molecular weight excluding hydrogens is 352 g/mol. The number of carbonyl (C=O) groups is 1. The zero-order valence-electron chi connectivity index (χ0n) is 14.6. The van der Waals surface area contributed by atoms with Gasteiger partial charge in [-0.15, -0.1) is 10.2 Å². The number of nitro benzene ring substituents is 1. The van der Waals surface area contributed by atoms with Crippen molar-refractivity contribution < 1.29 is 14.5 Å². The van der Waals surface area contributed by atoms with Gasteiger partial charge in [0.2, 0.25) is 5.82 Å². The van der Waals surface area contributed by atoms with Crippen molar-refractivity contribution in [3.63, 3.8) is 0 Å². The standard InChI is InChI=1S/C17H16N6O4/c1-11(22-20-16(19-21-22)12-6-4-3-5-7-12)17(24)18-14-10-13(23(25)26)8-9-15(14)27-2/h3-11H,1-2H3,(H,18,24). The number of carbonyl (C=O) groups excluding carboxylic acids is 1. The third-order valence-electron chi connectivity index (χ3n) is 3.84. The molecule has 0 spiro atoms. The SMILES string of the molecule is COc1ccc([N+](=O)[O-])cc1NC(=O)C(C)n1nnc(-c2ccccc2)n1. The Hall–Kier alpha value is -3.82. The predicted octanol–water partition coefficient (Wildman–Crippen LogP) is 2.46. The Balaban J connectivity index is 1.80. The number of ether oxygens (including phenoxy) is 1. The summed E-state index contributed by atoms with van der Waals surface area (Å²) in [6.07, 6.45) is 0. The van der Waals surface area contributed by atoms with Crippen molar-refractivity contribution >= 4 is 17.3 Å². The normalized spacial score (nSPS) is 11.6. The second-order valence-electron chi connectivity index (χ2n) is 5.61. The fourth-order valence-corrected chi connectivity index (χ4v) is 2.34. The first-order chi connectivity index (χ1) is 13.0. The van der Waals surface area contributed by atoms with Crippen molar-refractivity contribution in [2.24, 2.45) is 0 Å². The Labute approximate surface area is 153 Å². The van der Waals surface area contributed by atoms with Crippen molar-refractivity contribution in [3.8, 4) is 17.1 Å². The van der Waals surface area contributed by atoms with E-state index in [1.165, 1.54) is 30.1 Å². The van der Waals surface area contributed by atoms with Gasteiger partial charge in [-0.1, -0.05) is 30.3 Å². The smallest absolute Gasteiger partial charge is 0.271 e. The van der Waals surface area contributed by atoms with E-state index in [1.54, 1.807) is 6.92 Å². The first kappa shape index (κ1) is 18.0. The second kappa shape index (κ2) is 7.60. The summed E-state index contributed by atoms with van der Waals surface area (Å²) < 4.78 is 5.14. The molecule has 0 aliphatic heterocycles. The lowest BCUT2D eigenvalue weighted by atomic mass is 10.2. The van der Waals surface area contributed by atoms with E-state index in [4.69, 9.17) is 4.74 Å². The predicted molar refractivity (Wildman–Crippen MR) is 96.2 cm³/mol. The highest BCUT2D eigenvalue weighted by Crippen LogP contribution is 2.29. The Bertz CT molecular complexity index is 973. The summed E-state index contributed by atoms with van der Waals surface area (Å²) in [4.78, 5) is 24.1. The topological polar surface area (TPSA) is 125 Å². The van der Waals surface area contributed by atoms with Gasteiger partial charge in [-0.3, -0.25) is 14.9 Å². The molecule has 10 heteroatoms. The van der Waals surface area contributed by atoms with E-state index in [1.807, 2.05) is 30.3 Å². The van der Waals surface area contributed by atoms with Crippen LogP contribution in [0, 0.1) is 10.1 Å². The van der Waals surface area contributed by atoms with Gasteiger partial charge in [0.05, 0.1) is 17.7 Å². The molecular formula is C17H16N6O4. The molecule has 1 atom stereocenters. The molecule has 0 aliphatic rings. The molecule has 3 rings (SSSR count). The number of nitrogens with zero attached hydrogens (tertiary/aromatic N) is 5. The summed E-state index contributed by atoms with van der Waals surface area (Å²) in [5, 5.41) is 25.7. The summed E-state index contributed by atoms with van der Waals surface area (Å²) in [6, 6.07) is 12.4. The number of anilines is 1. The number of benzene rings is 2. The highest BCUT2D eigenvalue weighted by Gasteiger charge is 2.21. The van der Waals surface area contributed by atoms with Crippen LogP contribution in [0.2, 0.25) is 0 Å². The van der Waals surface area contributed by atoms with Gasteiger partial charge in [0.15, 0.2) is 0 Å². The summed E-state index contributed by atoms with van der Waals surface area (Å²) in [6.45, 7) is 1.59. The van der Waals surface area contributed by atoms with Crippen LogP contribution in [0.15, 0.2) is 48.5 Å². The van der Waals surface area contributed by atoms with Crippen LogP contribution in [0.1, 0.15) is 13.0 Å². The molecule has 138 valence electrons. The summed E-state index contributed by atoms with van der Waals surface area (Å²) in [5.74, 6) is 0.228. The lowest BCUT2D eigenvalue weighted by molar-refractivity contribution is -0.384. The molecule has 0 fully saturated rings. The van der Waals surface area contributed by atoms with Gasteiger partial charge in [0.25, 0.3) is 11.6 Å². The van der Waals surface area contributed by atoms with Crippen molar-refractivity contribution in [3.05, 3.63) is 58.6 Å². The number of methoxy groups -OCH3 is 1. The quantitative estimate of drug-likeness (QED) is 0.523. The minimum absolute atomic E-state index is 0.163. The van der Waals surface area contributed by atoms with Gasteiger partial charge in [-0.2, -0.15) is 4.80 Å². The fraction of sp³-hybridized carbons (Fsp3) is 0.176. The molecule has 0 saturated heterocycles. The number of hydrogen-bond acceptors (Lipinski definition) is 7. The Morgan fingerprint density at radius 2 is 2.00 bits per heavy atom. The summed E-state index contributed by atoms with van der Waals surface area (Å²) in [5.41, 5.74) is 0.799. The van der Waals surface area contributed by atoms with Gasteiger partial charge in [0.1, 0.15) is 11.8 Å². The van der Waals surface area contributed by atoms with Crippen LogP contribution in [-0.4, -0.2) is 38.1 Å². The summed E-state index contributed by atoms with van der Waals surface area (Å²) in [7, 11) is 1.41. The maximum atomic E-state index is 12.5.